The number of pyridine rings is 1. The van der Waals surface area contributed by atoms with Crippen molar-refractivity contribution in [1.29, 1.82) is 0 Å². The van der Waals surface area contributed by atoms with Crippen LogP contribution in [0.25, 0.3) is 0 Å². The number of carboxylic acid groups (broad SMARTS) is 1. The van der Waals surface area contributed by atoms with E-state index in [0.717, 1.165) is 24.1 Å². The number of likely N-dealkylation sites (tertiary alicyclic amines) is 1. The van der Waals surface area contributed by atoms with E-state index in [9.17, 15) is 22.8 Å². The average molecular weight is 467 g/mol. The summed E-state index contributed by atoms with van der Waals surface area (Å²) in [6.45, 7) is 1.31. The van der Waals surface area contributed by atoms with Crippen LogP contribution in [0.3, 0.4) is 0 Å². The predicted octanol–water partition coefficient (Wildman–Crippen LogP) is 1.66. The van der Waals surface area contributed by atoms with Crippen molar-refractivity contribution >= 4 is 17.8 Å². The number of amides is 2. The first kappa shape index (κ1) is 24.2. The zero-order chi connectivity index (χ0) is 24.2. The third kappa shape index (κ3) is 5.88. The molecule has 2 amide bonds. The van der Waals surface area contributed by atoms with Crippen molar-refractivity contribution in [3.63, 3.8) is 0 Å². The number of carboxylic acids is 1. The molecule has 0 saturated carbocycles. The summed E-state index contributed by atoms with van der Waals surface area (Å²) in [5.41, 5.74) is 1.63. The zero-order valence-electron chi connectivity index (χ0n) is 17.9. The van der Waals surface area contributed by atoms with Gasteiger partial charge in [0.25, 0.3) is 0 Å². The number of halogens is 3. The molecule has 33 heavy (non-hydrogen) atoms. The van der Waals surface area contributed by atoms with E-state index >= 15 is 0 Å². The van der Waals surface area contributed by atoms with Gasteiger partial charge in [0.1, 0.15) is 0 Å². The highest BCUT2D eigenvalue weighted by molar-refractivity contribution is 5.82. The summed E-state index contributed by atoms with van der Waals surface area (Å²) >= 11 is 0. The molecule has 2 aromatic rings. The highest BCUT2D eigenvalue weighted by Crippen LogP contribution is 2.43. The number of piperidine rings is 1. The number of nitrogens with zero attached hydrogens (tertiary/aromatic N) is 4. The zero-order valence-corrected chi connectivity index (χ0v) is 17.9. The standard InChI is InChI=1S/C19H23N5O2.C2HF3O2/c1-23-13-14(12-21-23)16-11-17(25)22-19(16)5-8-24(9-6-19)18(26)10-15-4-2-3-7-20-15;3-2(4,5)1(6)7/h2-4,7,12-13,16H,5-6,8-11H2,1H3,(H,22,25);(H,6,7). The van der Waals surface area contributed by atoms with Crippen molar-refractivity contribution in [3.05, 3.63) is 48.0 Å². The summed E-state index contributed by atoms with van der Waals surface area (Å²) in [6.07, 6.45) is 2.83. The Balaban J connectivity index is 0.000000383. The Morgan fingerprint density at radius 1 is 1.27 bits per heavy atom. The Morgan fingerprint density at radius 3 is 2.45 bits per heavy atom. The van der Waals surface area contributed by atoms with E-state index in [2.05, 4.69) is 15.4 Å². The van der Waals surface area contributed by atoms with Crippen molar-refractivity contribution in [2.75, 3.05) is 13.1 Å². The number of rotatable bonds is 3. The van der Waals surface area contributed by atoms with Gasteiger partial charge >= 0.3 is 12.1 Å². The lowest BCUT2D eigenvalue weighted by Gasteiger charge is -2.42. The van der Waals surface area contributed by atoms with Crippen LogP contribution in [0.1, 0.15) is 36.4 Å². The third-order valence-corrected chi connectivity index (χ3v) is 5.88. The van der Waals surface area contributed by atoms with Crippen LogP contribution in [-0.2, 0) is 27.9 Å². The van der Waals surface area contributed by atoms with Crippen molar-refractivity contribution in [1.82, 2.24) is 25.0 Å². The molecule has 4 heterocycles. The second kappa shape index (κ2) is 9.59. The van der Waals surface area contributed by atoms with E-state index in [4.69, 9.17) is 9.90 Å². The first-order valence-corrected chi connectivity index (χ1v) is 10.3. The third-order valence-electron chi connectivity index (χ3n) is 5.88. The molecule has 0 bridgehead atoms. The van der Waals surface area contributed by atoms with E-state index < -0.39 is 12.1 Å². The maximum absolute atomic E-state index is 12.6. The fourth-order valence-electron chi connectivity index (χ4n) is 4.25. The number of alkyl halides is 3. The van der Waals surface area contributed by atoms with Gasteiger partial charge < -0.3 is 15.3 Å². The van der Waals surface area contributed by atoms with E-state index in [1.165, 1.54) is 0 Å². The van der Waals surface area contributed by atoms with Crippen LogP contribution < -0.4 is 5.32 Å². The predicted molar refractivity (Wildman–Crippen MR) is 109 cm³/mol. The fourth-order valence-corrected chi connectivity index (χ4v) is 4.25. The van der Waals surface area contributed by atoms with Crippen LogP contribution in [0.15, 0.2) is 36.8 Å². The lowest BCUT2D eigenvalue weighted by Crippen LogP contribution is -2.54. The molecule has 0 aromatic carbocycles. The molecule has 9 nitrogen and oxygen atoms in total. The van der Waals surface area contributed by atoms with Gasteiger partial charge in [-0.2, -0.15) is 18.3 Å². The summed E-state index contributed by atoms with van der Waals surface area (Å²) in [5.74, 6) is -2.45. The topological polar surface area (TPSA) is 117 Å². The van der Waals surface area contributed by atoms with Crippen molar-refractivity contribution in [3.8, 4) is 0 Å². The molecular formula is C21H24F3N5O4. The molecule has 1 atom stereocenters. The van der Waals surface area contributed by atoms with Crippen LogP contribution in [0.4, 0.5) is 13.2 Å². The number of hydrogen-bond donors (Lipinski definition) is 2. The number of hydrogen-bond acceptors (Lipinski definition) is 5. The minimum Gasteiger partial charge on any atom is -0.475 e. The average Bonchev–Trinajstić information content (AvgIpc) is 3.31. The molecule has 1 spiro atoms. The molecule has 2 aliphatic rings. The molecule has 2 saturated heterocycles. The molecule has 2 aliphatic heterocycles. The van der Waals surface area contributed by atoms with Gasteiger partial charge in [-0.25, -0.2) is 4.79 Å². The van der Waals surface area contributed by atoms with E-state index in [0.29, 0.717) is 25.9 Å². The highest BCUT2D eigenvalue weighted by Gasteiger charge is 2.49. The molecule has 2 aromatic heterocycles. The Morgan fingerprint density at radius 2 is 1.94 bits per heavy atom. The Kier molecular flexibility index (Phi) is 7.04. The van der Waals surface area contributed by atoms with Gasteiger partial charge in [0.2, 0.25) is 11.8 Å². The first-order valence-electron chi connectivity index (χ1n) is 10.3. The number of carbonyl (C=O) groups is 3. The van der Waals surface area contributed by atoms with Crippen molar-refractivity contribution in [2.24, 2.45) is 7.05 Å². The van der Waals surface area contributed by atoms with Crippen LogP contribution in [0.2, 0.25) is 0 Å². The van der Waals surface area contributed by atoms with Crippen LogP contribution in [0.5, 0.6) is 0 Å². The molecule has 178 valence electrons. The number of aliphatic carboxylic acids is 1. The highest BCUT2D eigenvalue weighted by atomic mass is 19.4. The molecule has 1 unspecified atom stereocenters. The SMILES string of the molecule is Cn1cc(C2CC(=O)NC23CCN(C(=O)Cc2ccccn2)CC3)cn1.O=C(O)C(F)(F)F. The number of carbonyl (C=O) groups excluding carboxylic acids is 2. The molecule has 0 aliphatic carbocycles. The summed E-state index contributed by atoms with van der Waals surface area (Å²) in [7, 11) is 1.89. The molecule has 2 N–H and O–H groups in total. The summed E-state index contributed by atoms with van der Waals surface area (Å²) in [4.78, 5) is 39.7. The van der Waals surface area contributed by atoms with Gasteiger partial charge in [-0.05, 0) is 30.5 Å². The van der Waals surface area contributed by atoms with Gasteiger partial charge in [0.05, 0.1) is 18.2 Å². The molecule has 2 fully saturated rings. The van der Waals surface area contributed by atoms with E-state index in [-0.39, 0.29) is 23.3 Å². The fraction of sp³-hybridized carbons (Fsp3) is 0.476. The smallest absolute Gasteiger partial charge is 0.475 e. The van der Waals surface area contributed by atoms with Crippen molar-refractivity contribution < 1.29 is 32.7 Å². The number of aromatic nitrogens is 3. The Bertz CT molecular complexity index is 1000. The second-order valence-electron chi connectivity index (χ2n) is 8.09. The first-order chi connectivity index (χ1) is 15.5. The Labute approximate surface area is 187 Å². The Hall–Kier alpha value is -3.44. The van der Waals surface area contributed by atoms with Crippen LogP contribution >= 0.6 is 0 Å². The monoisotopic (exact) mass is 467 g/mol. The quantitative estimate of drug-likeness (QED) is 0.709. The van der Waals surface area contributed by atoms with Gasteiger partial charge in [-0.1, -0.05) is 6.07 Å². The van der Waals surface area contributed by atoms with Gasteiger partial charge in [0, 0.05) is 50.6 Å². The molecule has 12 heteroatoms. The minimum absolute atomic E-state index is 0.0899. The maximum Gasteiger partial charge on any atom is 0.490 e. The van der Waals surface area contributed by atoms with Gasteiger partial charge in [0.15, 0.2) is 0 Å². The largest absolute Gasteiger partial charge is 0.490 e. The van der Waals surface area contributed by atoms with Crippen LogP contribution in [0, 0.1) is 0 Å². The van der Waals surface area contributed by atoms with Gasteiger partial charge in [-0.3, -0.25) is 19.3 Å². The number of nitrogens with one attached hydrogen (secondary N) is 1. The lowest BCUT2D eigenvalue weighted by atomic mass is 9.75. The van der Waals surface area contributed by atoms with E-state index in [1.54, 1.807) is 10.9 Å². The normalized spacial score (nSPS) is 19.6. The lowest BCUT2D eigenvalue weighted by molar-refractivity contribution is -0.192. The molecular weight excluding hydrogens is 443 g/mol. The maximum atomic E-state index is 12.6. The molecule has 4 rings (SSSR count). The second-order valence-corrected chi connectivity index (χ2v) is 8.09. The summed E-state index contributed by atoms with van der Waals surface area (Å²) in [6, 6.07) is 5.62. The van der Waals surface area contributed by atoms with E-state index in [1.807, 2.05) is 42.5 Å². The summed E-state index contributed by atoms with van der Waals surface area (Å²) in [5, 5.41) is 14.6. The molecule has 0 radical (unpaired) electrons. The summed E-state index contributed by atoms with van der Waals surface area (Å²) < 4.78 is 33.5. The van der Waals surface area contributed by atoms with Gasteiger partial charge in [-0.15, -0.1) is 0 Å². The van der Waals surface area contributed by atoms with Crippen LogP contribution in [-0.4, -0.2) is 67.4 Å². The number of aryl methyl sites for hydroxylation is 1. The van der Waals surface area contributed by atoms with Crippen molar-refractivity contribution in [2.45, 2.75) is 43.3 Å². The minimum atomic E-state index is -5.08.